The van der Waals surface area contributed by atoms with Crippen LogP contribution in [0.2, 0.25) is 0 Å². The topological polar surface area (TPSA) is 219 Å². The Balaban J connectivity index is 1.27. The van der Waals surface area contributed by atoms with Gasteiger partial charge in [-0.05, 0) is 110 Å². The average molecular weight is 785 g/mol. The van der Waals surface area contributed by atoms with E-state index in [-0.39, 0.29) is 45.8 Å². The van der Waals surface area contributed by atoms with Crippen molar-refractivity contribution in [2.45, 2.75) is 193 Å². The summed E-state index contributed by atoms with van der Waals surface area (Å²) in [7, 11) is 0. The molecule has 4 aliphatic carbocycles. The highest BCUT2D eigenvalue weighted by Crippen LogP contribution is 2.76. The molecule has 13 nitrogen and oxygen atoms in total. The molecule has 0 aromatic heterocycles. The van der Waals surface area contributed by atoms with Crippen molar-refractivity contribution < 1.29 is 64.9 Å². The lowest BCUT2D eigenvalue weighted by Gasteiger charge is -2.71. The van der Waals surface area contributed by atoms with Crippen molar-refractivity contribution in [2.24, 2.45) is 51.2 Å². The molecule has 318 valence electrons. The van der Waals surface area contributed by atoms with Crippen molar-refractivity contribution >= 4 is 0 Å². The van der Waals surface area contributed by atoms with Crippen LogP contribution in [0.15, 0.2) is 12.2 Å². The summed E-state index contributed by atoms with van der Waals surface area (Å²) in [6.07, 6.45) is -7.35. The van der Waals surface area contributed by atoms with E-state index >= 15 is 0 Å². The Bertz CT molecular complexity index is 1380. The molecule has 13 heteroatoms. The SMILES string of the molecule is CC(C)/C=C/C[C@](C)(O[C@@H]1O[C@H](CO[C@@H]2O[C@@H](C)[C@H](O)[C@@H](O)[C@H]2O)[C@@H](O)[C@H](O)[C@H]1O)[C@H]1CC[C@]2(C)[C@@H]1[C@H](O)C[C@@H]1[C@@]3(C)C[C@@H](O)[C@H](O)C(C)(C)[C@@H]3CC[C@]12C. The minimum atomic E-state index is -1.66. The predicted molar refractivity (Wildman–Crippen MR) is 201 cm³/mol. The van der Waals surface area contributed by atoms with Crippen molar-refractivity contribution in [1.82, 2.24) is 0 Å². The first-order valence-electron chi connectivity index (χ1n) is 20.8. The normalized spacial score (nSPS) is 53.8. The number of rotatable bonds is 9. The average Bonchev–Trinajstić information content (AvgIpc) is 3.49. The number of aliphatic hydroxyl groups is 9. The Morgan fingerprint density at radius 2 is 1.36 bits per heavy atom. The number of allylic oxidation sites excluding steroid dienone is 1. The van der Waals surface area contributed by atoms with Gasteiger partial charge < -0.3 is 64.9 Å². The van der Waals surface area contributed by atoms with Crippen LogP contribution in [0.4, 0.5) is 0 Å². The van der Waals surface area contributed by atoms with Gasteiger partial charge in [0.05, 0.1) is 36.6 Å². The lowest BCUT2D eigenvalue weighted by molar-refractivity contribution is -0.347. The predicted octanol–water partition coefficient (Wildman–Crippen LogP) is 2.00. The van der Waals surface area contributed by atoms with Gasteiger partial charge in [-0.1, -0.05) is 60.6 Å². The van der Waals surface area contributed by atoms with Crippen molar-refractivity contribution in [3.63, 3.8) is 0 Å². The lowest BCUT2D eigenvalue weighted by Crippen LogP contribution is -2.68. The number of aliphatic hydroxyl groups excluding tert-OH is 9. The largest absolute Gasteiger partial charge is 0.393 e. The van der Waals surface area contributed by atoms with Gasteiger partial charge in [0.1, 0.15) is 42.7 Å². The van der Waals surface area contributed by atoms with Gasteiger partial charge in [0, 0.05) is 0 Å². The van der Waals surface area contributed by atoms with Gasteiger partial charge in [-0.2, -0.15) is 0 Å². The van der Waals surface area contributed by atoms with E-state index in [1.807, 2.05) is 6.92 Å². The fraction of sp³-hybridized carbons (Fsp3) is 0.952. The van der Waals surface area contributed by atoms with Crippen LogP contribution in [0, 0.1) is 51.2 Å². The monoisotopic (exact) mass is 784 g/mol. The van der Waals surface area contributed by atoms with Crippen LogP contribution in [0.1, 0.15) is 107 Å². The van der Waals surface area contributed by atoms with Crippen LogP contribution >= 0.6 is 0 Å². The highest BCUT2D eigenvalue weighted by Gasteiger charge is 2.72. The van der Waals surface area contributed by atoms with Gasteiger partial charge in [0.25, 0.3) is 0 Å². The minimum Gasteiger partial charge on any atom is -0.393 e. The van der Waals surface area contributed by atoms with E-state index in [0.29, 0.717) is 19.3 Å². The highest BCUT2D eigenvalue weighted by atomic mass is 16.7. The summed E-state index contributed by atoms with van der Waals surface area (Å²) in [6.45, 7) is 18.4. The van der Waals surface area contributed by atoms with Crippen LogP contribution in [-0.4, -0.2) is 138 Å². The van der Waals surface area contributed by atoms with Crippen LogP contribution in [-0.2, 0) is 18.9 Å². The fourth-order valence-electron chi connectivity index (χ4n) is 13.2. The van der Waals surface area contributed by atoms with Gasteiger partial charge >= 0.3 is 0 Å². The number of fused-ring (bicyclic) bond motifs is 5. The third-order valence-corrected chi connectivity index (χ3v) is 16.4. The molecule has 2 aliphatic heterocycles. The summed E-state index contributed by atoms with van der Waals surface area (Å²) >= 11 is 0. The van der Waals surface area contributed by atoms with Gasteiger partial charge in [0.2, 0.25) is 0 Å². The Labute approximate surface area is 327 Å². The summed E-state index contributed by atoms with van der Waals surface area (Å²) < 4.78 is 24.3. The molecule has 0 bridgehead atoms. The number of hydrogen-bond donors (Lipinski definition) is 9. The molecule has 9 N–H and O–H groups in total. The van der Waals surface area contributed by atoms with Gasteiger partial charge in [-0.15, -0.1) is 0 Å². The molecule has 6 rings (SSSR count). The van der Waals surface area contributed by atoms with Gasteiger partial charge in [0.15, 0.2) is 12.6 Å². The molecular weight excluding hydrogens is 712 g/mol. The fourth-order valence-corrected chi connectivity index (χ4v) is 13.2. The standard InChI is InChI=1S/C42H72O13/c1-20(2)11-10-14-42(9,55-37-34(50)32(48)30(46)25(54-37)19-52-36-33(49)31(47)29(45)21(3)53-36)22-12-15-41(8)28(22)23(43)17-27-39(6)18-24(44)35(51)38(4,5)26(39)13-16-40(27,41)7/h10-11,20-37,43-51H,12-19H2,1-9H3/b11-10+/t21-,22-,23+,24+,25+,26-,27+,28-,29-,30+,31+,32-,33+,34+,35-,36+,37-,39-,40+,41+,42-/m0/s1. The highest BCUT2D eigenvalue weighted by molar-refractivity contribution is 5.21. The Morgan fingerprint density at radius 3 is 2.02 bits per heavy atom. The van der Waals surface area contributed by atoms with Gasteiger partial charge in [-0.3, -0.25) is 0 Å². The number of ether oxygens (including phenoxy) is 4. The first-order valence-corrected chi connectivity index (χ1v) is 20.8. The van der Waals surface area contributed by atoms with Crippen LogP contribution in [0.3, 0.4) is 0 Å². The van der Waals surface area contributed by atoms with E-state index in [9.17, 15) is 46.0 Å². The second kappa shape index (κ2) is 15.4. The van der Waals surface area contributed by atoms with E-state index in [0.717, 1.165) is 25.7 Å². The second-order valence-electron chi connectivity index (χ2n) is 20.3. The minimum absolute atomic E-state index is 0.114. The second-order valence-corrected chi connectivity index (χ2v) is 20.3. The van der Waals surface area contributed by atoms with E-state index in [4.69, 9.17) is 18.9 Å². The molecule has 0 aromatic carbocycles. The summed E-state index contributed by atoms with van der Waals surface area (Å²) in [5.74, 6) is 0.202. The van der Waals surface area contributed by atoms with Crippen molar-refractivity contribution in [1.29, 1.82) is 0 Å². The summed E-state index contributed by atoms with van der Waals surface area (Å²) in [5.41, 5.74) is -2.24. The Kier molecular flexibility index (Phi) is 12.2. The van der Waals surface area contributed by atoms with E-state index in [1.54, 1.807) is 0 Å². The summed E-state index contributed by atoms with van der Waals surface area (Å²) in [4.78, 5) is 0. The molecule has 21 atom stereocenters. The summed E-state index contributed by atoms with van der Waals surface area (Å²) in [6, 6.07) is 0. The molecule has 2 heterocycles. The number of hydrogen-bond acceptors (Lipinski definition) is 13. The molecule has 6 fully saturated rings. The molecule has 0 radical (unpaired) electrons. The van der Waals surface area contributed by atoms with E-state index < -0.39 is 97.3 Å². The molecule has 0 amide bonds. The maximum absolute atomic E-state index is 12.4. The van der Waals surface area contributed by atoms with Gasteiger partial charge in [-0.25, -0.2) is 0 Å². The van der Waals surface area contributed by atoms with E-state index in [1.165, 1.54) is 6.92 Å². The molecule has 0 aromatic rings. The molecule has 0 unspecified atom stereocenters. The Hall–Kier alpha value is -0.780. The third-order valence-electron chi connectivity index (χ3n) is 16.4. The molecule has 55 heavy (non-hydrogen) atoms. The van der Waals surface area contributed by atoms with Crippen molar-refractivity contribution in [3.05, 3.63) is 12.2 Å². The maximum atomic E-state index is 12.4. The molecular formula is C42H72O13. The molecule has 0 spiro atoms. The zero-order valence-electron chi connectivity index (χ0n) is 34.4. The lowest BCUT2D eigenvalue weighted by atomic mass is 9.35. The first-order chi connectivity index (χ1) is 25.4. The first kappa shape index (κ1) is 43.8. The van der Waals surface area contributed by atoms with Crippen molar-refractivity contribution in [2.75, 3.05) is 6.61 Å². The molecule has 2 saturated heterocycles. The molecule has 6 aliphatic rings. The molecule has 4 saturated carbocycles. The smallest absolute Gasteiger partial charge is 0.187 e. The zero-order valence-corrected chi connectivity index (χ0v) is 34.4. The summed E-state index contributed by atoms with van der Waals surface area (Å²) in [5, 5.41) is 98.9. The Morgan fingerprint density at radius 1 is 0.745 bits per heavy atom. The zero-order chi connectivity index (χ0) is 40.8. The maximum Gasteiger partial charge on any atom is 0.187 e. The quantitative estimate of drug-likeness (QED) is 0.153. The van der Waals surface area contributed by atoms with Crippen molar-refractivity contribution in [3.8, 4) is 0 Å². The van der Waals surface area contributed by atoms with E-state index in [2.05, 4.69) is 60.6 Å². The van der Waals surface area contributed by atoms with Crippen LogP contribution in [0.25, 0.3) is 0 Å². The third kappa shape index (κ3) is 7.10. The van der Waals surface area contributed by atoms with Crippen LogP contribution < -0.4 is 0 Å². The van der Waals surface area contributed by atoms with Crippen LogP contribution in [0.5, 0.6) is 0 Å².